The van der Waals surface area contributed by atoms with E-state index < -0.39 is 23.9 Å². The van der Waals surface area contributed by atoms with E-state index in [4.69, 9.17) is 17.0 Å². The van der Waals surface area contributed by atoms with Crippen LogP contribution < -0.4 is 20.1 Å². The van der Waals surface area contributed by atoms with Gasteiger partial charge in [0.1, 0.15) is 17.4 Å². The van der Waals surface area contributed by atoms with Crippen LogP contribution in [0.3, 0.4) is 0 Å². The van der Waals surface area contributed by atoms with E-state index >= 15 is 0 Å². The van der Waals surface area contributed by atoms with Crippen LogP contribution in [-0.2, 0) is 20.8 Å². The Labute approximate surface area is 179 Å². The Morgan fingerprint density at radius 2 is 1.87 bits per heavy atom. The van der Waals surface area contributed by atoms with Crippen molar-refractivity contribution in [3.05, 3.63) is 65.2 Å². The first-order valence-electron chi connectivity index (χ1n) is 9.28. The minimum Gasteiger partial charge on any atom is -0.546 e. The van der Waals surface area contributed by atoms with Gasteiger partial charge >= 0.3 is 0 Å². The molecule has 0 aliphatic carbocycles. The molecule has 0 bridgehead atoms. The minimum atomic E-state index is -1.32. The zero-order chi connectivity index (χ0) is 21.8. The van der Waals surface area contributed by atoms with Crippen molar-refractivity contribution in [2.75, 3.05) is 4.90 Å². The predicted molar refractivity (Wildman–Crippen MR) is 114 cm³/mol. The molecule has 0 saturated carbocycles. The smallest absolute Gasteiger partial charge is 0.270 e. The molecular formula is C22H19N2O5S-. The summed E-state index contributed by atoms with van der Waals surface area (Å²) in [5, 5.41) is 13.4. The number of aryl methyl sites for hydroxylation is 1. The van der Waals surface area contributed by atoms with Crippen LogP contribution in [-0.4, -0.2) is 29.0 Å². The molecule has 7 nitrogen and oxygen atoms in total. The molecule has 2 aromatic rings. The second-order valence-corrected chi connectivity index (χ2v) is 6.97. The molecule has 2 aromatic carbocycles. The number of hydrogen-bond acceptors (Lipinski definition) is 6. The van der Waals surface area contributed by atoms with E-state index in [0.717, 1.165) is 5.56 Å². The largest absolute Gasteiger partial charge is 0.546 e. The molecule has 1 saturated heterocycles. The van der Waals surface area contributed by atoms with Gasteiger partial charge in [0.05, 0.1) is 11.7 Å². The third kappa shape index (κ3) is 4.38. The maximum Gasteiger partial charge on any atom is 0.270 e. The second-order valence-electron chi connectivity index (χ2n) is 6.59. The Bertz CT molecular complexity index is 1050. The lowest BCUT2D eigenvalue weighted by Crippen LogP contribution is -2.54. The van der Waals surface area contributed by atoms with Gasteiger partial charge in [-0.05, 0) is 61.0 Å². The Morgan fingerprint density at radius 1 is 1.20 bits per heavy atom. The van der Waals surface area contributed by atoms with E-state index in [0.29, 0.717) is 23.4 Å². The highest BCUT2D eigenvalue weighted by atomic mass is 32.1. The molecule has 30 heavy (non-hydrogen) atoms. The molecule has 1 fully saturated rings. The van der Waals surface area contributed by atoms with Crippen LogP contribution in [0.4, 0.5) is 5.69 Å². The standard InChI is InChI=1S/C22H20N2O5S/c1-3-15-6-4-5-7-18(15)24-20(26)17(19(25)23-22(24)30)12-14-8-10-16(11-9-14)29-13(2)21(27)28/h4-13H,3H2,1-2H3,(H,27,28)(H,23,25,30)/p-1/b17-12+/t13-/m0/s1. The number of carbonyl (C=O) groups is 3. The number of ether oxygens (including phenoxy) is 1. The molecule has 1 aliphatic heterocycles. The molecule has 1 aliphatic rings. The second kappa shape index (κ2) is 8.87. The number of nitrogens with zero attached hydrogens (tertiary/aromatic N) is 1. The molecule has 0 spiro atoms. The van der Waals surface area contributed by atoms with Crippen molar-refractivity contribution in [1.29, 1.82) is 0 Å². The van der Waals surface area contributed by atoms with Crippen molar-refractivity contribution in [2.45, 2.75) is 26.4 Å². The third-order valence-electron chi connectivity index (χ3n) is 4.55. The zero-order valence-corrected chi connectivity index (χ0v) is 17.2. The maximum atomic E-state index is 13.1. The number of amides is 2. The summed E-state index contributed by atoms with van der Waals surface area (Å²) in [6.07, 6.45) is 1.04. The fourth-order valence-electron chi connectivity index (χ4n) is 2.97. The molecule has 1 heterocycles. The average Bonchev–Trinajstić information content (AvgIpc) is 2.72. The molecule has 1 N–H and O–H groups in total. The van der Waals surface area contributed by atoms with Gasteiger partial charge in [-0.1, -0.05) is 37.3 Å². The van der Waals surface area contributed by atoms with Gasteiger partial charge in [0, 0.05) is 0 Å². The van der Waals surface area contributed by atoms with Crippen LogP contribution >= 0.6 is 12.2 Å². The van der Waals surface area contributed by atoms with Crippen molar-refractivity contribution in [3.63, 3.8) is 0 Å². The van der Waals surface area contributed by atoms with Crippen LogP contribution in [0.2, 0.25) is 0 Å². The predicted octanol–water partition coefficient (Wildman–Crippen LogP) is 1.60. The summed E-state index contributed by atoms with van der Waals surface area (Å²) in [6, 6.07) is 13.7. The molecule has 2 amide bonds. The molecule has 1 atom stereocenters. The highest BCUT2D eigenvalue weighted by molar-refractivity contribution is 7.80. The van der Waals surface area contributed by atoms with Gasteiger partial charge in [0.15, 0.2) is 5.11 Å². The summed E-state index contributed by atoms with van der Waals surface area (Å²) in [5.74, 6) is -2.10. The van der Waals surface area contributed by atoms with Crippen LogP contribution in [0.15, 0.2) is 54.1 Å². The van der Waals surface area contributed by atoms with Gasteiger partial charge in [-0.3, -0.25) is 19.8 Å². The monoisotopic (exact) mass is 423 g/mol. The third-order valence-corrected chi connectivity index (χ3v) is 4.84. The van der Waals surface area contributed by atoms with Crippen LogP contribution in [0, 0.1) is 0 Å². The normalized spacial score (nSPS) is 16.4. The summed E-state index contributed by atoms with van der Waals surface area (Å²) in [4.78, 5) is 37.6. The first-order chi connectivity index (χ1) is 14.3. The highest BCUT2D eigenvalue weighted by Crippen LogP contribution is 2.26. The van der Waals surface area contributed by atoms with Crippen LogP contribution in [0.5, 0.6) is 5.75 Å². The fraction of sp³-hybridized carbons (Fsp3) is 0.182. The van der Waals surface area contributed by atoms with Gasteiger partial charge in [0.25, 0.3) is 11.8 Å². The van der Waals surface area contributed by atoms with Gasteiger partial charge in [-0.15, -0.1) is 0 Å². The number of benzene rings is 2. The van der Waals surface area contributed by atoms with E-state index in [1.54, 1.807) is 36.4 Å². The molecule has 0 radical (unpaired) electrons. The van der Waals surface area contributed by atoms with Crippen molar-refractivity contribution in [3.8, 4) is 5.75 Å². The van der Waals surface area contributed by atoms with Crippen LogP contribution in [0.25, 0.3) is 6.08 Å². The number of rotatable bonds is 6. The number of carboxylic acid groups (broad SMARTS) is 1. The Balaban J connectivity index is 1.90. The Hall–Kier alpha value is -3.52. The van der Waals surface area contributed by atoms with Crippen molar-refractivity contribution in [2.24, 2.45) is 0 Å². The number of hydrogen-bond donors (Lipinski definition) is 1. The molecule has 154 valence electrons. The lowest BCUT2D eigenvalue weighted by atomic mass is 10.0. The summed E-state index contributed by atoms with van der Waals surface area (Å²) < 4.78 is 5.22. The molecule has 0 unspecified atom stereocenters. The van der Waals surface area contributed by atoms with E-state index in [9.17, 15) is 19.5 Å². The van der Waals surface area contributed by atoms with E-state index in [-0.39, 0.29) is 10.7 Å². The van der Waals surface area contributed by atoms with Crippen molar-refractivity contribution < 1.29 is 24.2 Å². The van der Waals surface area contributed by atoms with E-state index in [1.807, 2.05) is 19.1 Å². The average molecular weight is 423 g/mol. The lowest BCUT2D eigenvalue weighted by Gasteiger charge is -2.30. The van der Waals surface area contributed by atoms with Crippen molar-refractivity contribution in [1.82, 2.24) is 5.32 Å². The minimum absolute atomic E-state index is 0.0306. The van der Waals surface area contributed by atoms with Gasteiger partial charge in [-0.25, -0.2) is 0 Å². The maximum absolute atomic E-state index is 13.1. The number of nitrogens with one attached hydrogen (secondary N) is 1. The number of carboxylic acids is 1. The number of aliphatic carboxylic acids is 1. The zero-order valence-electron chi connectivity index (χ0n) is 16.4. The summed E-state index contributed by atoms with van der Waals surface area (Å²) in [5.41, 5.74) is 2.05. The molecular weight excluding hydrogens is 404 g/mol. The van der Waals surface area contributed by atoms with Crippen LogP contribution in [0.1, 0.15) is 25.0 Å². The number of para-hydroxylation sites is 1. The summed E-state index contributed by atoms with van der Waals surface area (Å²) in [6.45, 7) is 3.33. The SMILES string of the molecule is CCc1ccccc1N1C(=O)/C(=C/c2ccc(O[C@@H](C)C(=O)[O-])cc2)C(=O)NC1=S. The van der Waals surface area contributed by atoms with Gasteiger partial charge < -0.3 is 14.6 Å². The first-order valence-corrected chi connectivity index (χ1v) is 9.69. The molecule has 8 heteroatoms. The topological polar surface area (TPSA) is 98.8 Å². The summed E-state index contributed by atoms with van der Waals surface area (Å²) in [7, 11) is 0. The van der Waals surface area contributed by atoms with Gasteiger partial charge in [0.2, 0.25) is 0 Å². The number of thiocarbonyl (C=S) groups is 1. The first kappa shape index (κ1) is 21.2. The number of carbonyl (C=O) groups excluding carboxylic acids is 3. The number of anilines is 1. The summed E-state index contributed by atoms with van der Waals surface area (Å²) >= 11 is 5.24. The van der Waals surface area contributed by atoms with E-state index in [2.05, 4.69) is 5.32 Å². The Kier molecular flexibility index (Phi) is 6.27. The van der Waals surface area contributed by atoms with E-state index in [1.165, 1.54) is 17.9 Å². The molecule has 0 aromatic heterocycles. The Morgan fingerprint density at radius 3 is 2.50 bits per heavy atom. The highest BCUT2D eigenvalue weighted by Gasteiger charge is 2.35. The van der Waals surface area contributed by atoms with Crippen molar-refractivity contribution >= 4 is 46.9 Å². The fourth-order valence-corrected chi connectivity index (χ4v) is 3.24. The lowest BCUT2D eigenvalue weighted by molar-refractivity contribution is -0.312. The van der Waals surface area contributed by atoms with Gasteiger partial charge in [-0.2, -0.15) is 0 Å². The molecule has 3 rings (SSSR count). The quantitative estimate of drug-likeness (QED) is 0.431.